The zero-order chi connectivity index (χ0) is 98.4. The van der Waals surface area contributed by atoms with E-state index in [4.69, 9.17) is 54.7 Å². The van der Waals surface area contributed by atoms with Gasteiger partial charge in [0.15, 0.2) is 45.5 Å². The average molecular weight is 2070 g/mol. The molecule has 9 aromatic rings. The Morgan fingerprint density at radius 1 is 0.519 bits per heavy atom. The summed E-state index contributed by atoms with van der Waals surface area (Å²) >= 11 is 8.53. The maximum absolute atomic E-state index is 13.2. The average Bonchev–Trinajstić information content (AvgIpc) is 0.975. The van der Waals surface area contributed by atoms with Gasteiger partial charge in [0, 0.05) is 87.8 Å². The maximum atomic E-state index is 13.2. The molecule has 3 aromatic heterocycles. The minimum absolute atomic E-state index is 0. The summed E-state index contributed by atoms with van der Waals surface area (Å²) in [6.45, 7) is 43.5. The number of benzene rings is 6. The topological polar surface area (TPSA) is 330 Å². The SMILES string of the molecule is C.CC[SiH](CC)CC.CO.COC1(c2ccc(C)c(Cc3ccc(-c4ccc(F)cc4)s3)c2)O[C@H](CO)[C@@H](O)[C@H](O)[C@H]1O.CS(=O)(=O)[O-].C[Si](C)(C)OC[C@H]1OC(=O)[C@H](O[Si](C)(C)C)[C@@H](O[Si](C)(C)C)[C@@H]1O[Si](C)(C)C.Cc1ccc(Br)cc1Cc1ccc(-c2ccc(F)cc2)s1.Cc1ccc([C@@H]2O[C@H](CO)[C@@H](O)[C@H](O)[C@H]2O)cc1Cc1ccc(-c2ccc(F)cc2)s1.[CH2-]CCC.[Li+]. The molecule has 1 unspecified atom stereocenters. The van der Waals surface area contributed by atoms with Crippen LogP contribution in [-0.2, 0) is 76.6 Å². The number of hydrogen-bond donors (Lipinski definition) is 9. The van der Waals surface area contributed by atoms with E-state index in [1.54, 1.807) is 64.3 Å². The van der Waals surface area contributed by atoms with Gasteiger partial charge in [-0.3, -0.25) is 0 Å². The first-order valence-corrected chi connectivity index (χ1v) is 65.1. The van der Waals surface area contributed by atoms with Crippen molar-refractivity contribution in [2.24, 2.45) is 0 Å². The normalized spacial score (nSPS) is 21.7. The molecule has 0 amide bonds. The van der Waals surface area contributed by atoms with E-state index in [2.05, 4.69) is 166 Å². The second kappa shape index (κ2) is 57.1. The Hall–Kier alpha value is -4.89. The number of methoxy groups -OCH3 is 1. The number of thiophene rings is 3. The number of carbonyl (C=O) groups excluding carboxylic acids is 1. The van der Waals surface area contributed by atoms with Crippen molar-refractivity contribution in [2.75, 3.05) is 40.3 Å². The Balaban J connectivity index is 0.000000430. The number of ether oxygens (including phenoxy) is 4. The number of aliphatic hydroxyl groups is 9. The third kappa shape index (κ3) is 40.0. The largest absolute Gasteiger partial charge is 1.00 e. The van der Waals surface area contributed by atoms with Gasteiger partial charge in [0.2, 0.25) is 5.79 Å². The van der Waals surface area contributed by atoms with Gasteiger partial charge in [0.05, 0.1) is 29.9 Å². The molecule has 0 spiro atoms. The fourth-order valence-electron chi connectivity index (χ4n) is 14.0. The summed E-state index contributed by atoms with van der Waals surface area (Å²) in [6.07, 6.45) is -8.57. The van der Waals surface area contributed by atoms with E-state index >= 15 is 0 Å². The molecule has 0 saturated carbocycles. The molecule has 133 heavy (non-hydrogen) atoms. The van der Waals surface area contributed by atoms with Crippen LogP contribution in [-0.4, -0.2) is 221 Å². The van der Waals surface area contributed by atoms with E-state index in [9.17, 15) is 58.8 Å². The van der Waals surface area contributed by atoms with Gasteiger partial charge >= 0.3 is 24.8 Å². The van der Waals surface area contributed by atoms with Crippen LogP contribution in [0.25, 0.3) is 31.3 Å². The van der Waals surface area contributed by atoms with Crippen LogP contribution in [0.5, 0.6) is 0 Å². The van der Waals surface area contributed by atoms with Gasteiger partial charge in [0.25, 0.3) is 0 Å². The summed E-state index contributed by atoms with van der Waals surface area (Å²) in [5, 5.41) is 87.8. The van der Waals surface area contributed by atoms with Crippen LogP contribution in [0.4, 0.5) is 13.2 Å². The van der Waals surface area contributed by atoms with Crippen LogP contribution in [0, 0.1) is 45.1 Å². The molecule has 0 aliphatic carbocycles. The molecule has 3 aliphatic heterocycles. The van der Waals surface area contributed by atoms with Gasteiger partial charge < -0.3 is 94.1 Å². The number of aliphatic hydroxyl groups excluding tert-OH is 9. The zero-order valence-corrected chi connectivity index (χ0v) is 90.7. The second-order valence-electron chi connectivity index (χ2n) is 36.2. The van der Waals surface area contributed by atoms with Crippen molar-refractivity contribution in [2.45, 2.75) is 270 Å². The second-order valence-corrected chi connectivity index (χ2v) is 64.1. The number of halogens is 4. The van der Waals surface area contributed by atoms with E-state index in [-0.39, 0.29) is 64.6 Å². The first-order valence-electron chi connectivity index (χ1n) is 44.0. The Bertz CT molecular complexity index is 5000. The Morgan fingerprint density at radius 2 is 0.895 bits per heavy atom. The van der Waals surface area contributed by atoms with E-state index in [1.165, 1.54) is 88.9 Å². The number of carbonyl (C=O) groups is 1. The van der Waals surface area contributed by atoms with Gasteiger partial charge in [-0.05, 0) is 246 Å². The van der Waals surface area contributed by atoms with Crippen molar-refractivity contribution in [3.05, 3.63) is 252 Å². The van der Waals surface area contributed by atoms with E-state index in [0.29, 0.717) is 36.8 Å². The number of unbranched alkanes of at least 4 members (excludes halogenated alkanes) is 1. The minimum atomic E-state index is -3.92. The standard InChI is InChI=1S/C25H27FO6S.C24H25FO5S.C18H14BrFS.C18H42O6Si4.C6H16Si.C4H9.CH4O3S.CH4O.CH4.Li/c1-14-3-6-17(25(31-2)24(30)23(29)22(28)20(13-27)32-25)11-16(14)12-19-9-10-21(33-19)15-4-7-18(26)8-5-15;1-13-2-3-15(24-23(29)22(28)21(27)19(12-26)30-24)10-16(13)11-18-8-9-20(31-18)14-4-6-17(25)7-5-14;1-12-2-5-15(19)10-14(12)11-17-8-9-18(21-17)13-3-6-16(20)7-4-13;1-25(2,3)20-13-14-15(22-26(4,5)6)16(23-27(7,8)9)17(18(19)21-14)24-28(10,11)12;1-4-7(5-2)6-3;1-3-4-2;1-5(2,3)4;1-2;;/h3-11,20,22-24,27-30H,12-13H2,1-2H3;2-10,19,21-24,26-29H,11-12H2,1H3;2-10H,11H2,1H3;14-17H,13H2,1-12H3;7H,4-6H2,1-3H3;1,3-4H2,2H3;1H3,(H,2,3,4);2H,1H3;1H4;/q;;;;;-1;;;;+1/p-1/t20-,22-,23+,24-,25?;19-,21-,22+,23-,24+;;14-,15-,16+,17-;;;;;;/m11.1....../s1. The third-order valence-corrected chi connectivity index (χ3v) is 32.4. The number of aryl methyl sites for hydroxylation is 3. The predicted molar refractivity (Wildman–Crippen MR) is 543 cm³/mol. The Kier molecular flexibility index (Phi) is 52.5. The van der Waals surface area contributed by atoms with Crippen LogP contribution < -0.4 is 18.9 Å². The van der Waals surface area contributed by atoms with Gasteiger partial charge in [0.1, 0.15) is 84.6 Å². The molecule has 6 aromatic carbocycles. The molecule has 6 heterocycles. The smallest absolute Gasteiger partial charge is 0.748 e. The summed E-state index contributed by atoms with van der Waals surface area (Å²) in [4.78, 5) is 19.7. The molecule has 14 atom stereocenters. The Morgan fingerprint density at radius 3 is 1.26 bits per heavy atom. The minimum Gasteiger partial charge on any atom is -0.748 e. The van der Waals surface area contributed by atoms with Crippen molar-refractivity contribution >= 4 is 108 Å². The van der Waals surface area contributed by atoms with Crippen LogP contribution in [0.3, 0.4) is 0 Å². The predicted octanol–water partition coefficient (Wildman–Crippen LogP) is 16.6. The number of hydrogen-bond acceptors (Lipinski definition) is 24. The van der Waals surface area contributed by atoms with Crippen molar-refractivity contribution in [1.29, 1.82) is 0 Å². The summed E-state index contributed by atoms with van der Waals surface area (Å²) in [5.74, 6) is -2.83. The fourth-order valence-corrected chi connectivity index (χ4v) is 23.1. The molecular weight excluding hydrogens is 1930 g/mol. The molecule has 3 aliphatic rings. The summed E-state index contributed by atoms with van der Waals surface area (Å²) in [6, 6.07) is 53.8. The van der Waals surface area contributed by atoms with Crippen LogP contribution in [0.15, 0.2) is 168 Å². The van der Waals surface area contributed by atoms with Gasteiger partial charge in [-0.2, -0.15) is 6.42 Å². The van der Waals surface area contributed by atoms with Crippen molar-refractivity contribution < 1.29 is 132 Å². The van der Waals surface area contributed by atoms with Crippen molar-refractivity contribution in [3.63, 3.8) is 0 Å². The van der Waals surface area contributed by atoms with Gasteiger partial charge in [-0.15, -0.1) is 34.0 Å². The van der Waals surface area contributed by atoms with Crippen LogP contribution in [0.1, 0.15) is 113 Å². The molecule has 3 fully saturated rings. The summed E-state index contributed by atoms with van der Waals surface area (Å²) < 4.78 is 116. The van der Waals surface area contributed by atoms with Crippen molar-refractivity contribution in [1.82, 2.24) is 0 Å². The van der Waals surface area contributed by atoms with E-state index in [0.717, 1.165) is 82.9 Å². The van der Waals surface area contributed by atoms with Crippen molar-refractivity contribution in [3.8, 4) is 31.3 Å². The molecule has 0 radical (unpaired) electrons. The fraction of sp³-hybridized carbons (Fsp3) is 0.490. The van der Waals surface area contributed by atoms with Gasteiger partial charge in [-0.1, -0.05) is 148 Å². The maximum Gasteiger partial charge on any atom is 1.00 e. The molecule has 0 bridgehead atoms. The quantitative estimate of drug-likeness (QED) is 0.00999. The molecule has 9 N–H and O–H groups in total. The molecule has 12 rings (SSSR count). The van der Waals surface area contributed by atoms with E-state index in [1.807, 2.05) is 80.6 Å². The van der Waals surface area contributed by atoms with Crippen LogP contribution >= 0.6 is 49.9 Å². The number of esters is 1. The van der Waals surface area contributed by atoms with E-state index < -0.39 is 136 Å². The number of rotatable bonds is 27. The zero-order valence-electron chi connectivity index (χ0n) is 80.7. The molecular formula is C98H144BrF3LiO21S4Si5-. The first kappa shape index (κ1) is 122. The third-order valence-electron chi connectivity index (χ3n) is 21.1. The molecule has 736 valence electrons. The first-order chi connectivity index (χ1) is 61.3. The summed E-state index contributed by atoms with van der Waals surface area (Å²) in [7, 11) is -9.41. The molecule has 35 heteroatoms. The van der Waals surface area contributed by atoms with Gasteiger partial charge in [-0.25, -0.2) is 26.4 Å². The summed E-state index contributed by atoms with van der Waals surface area (Å²) in [5.41, 5.74) is 10.9. The molecule has 21 nitrogen and oxygen atoms in total. The molecule has 3 saturated heterocycles. The monoisotopic (exact) mass is 2070 g/mol. The van der Waals surface area contributed by atoms with Crippen LogP contribution in [0.2, 0.25) is 96.7 Å². The number of cyclic esters (lactones) is 1. The Labute approximate surface area is 827 Å².